The van der Waals surface area contributed by atoms with Gasteiger partial charge >= 0.3 is 6.01 Å². The van der Waals surface area contributed by atoms with Gasteiger partial charge in [0.25, 0.3) is 0 Å². The molecule has 1 saturated carbocycles. The second kappa shape index (κ2) is 7.42. The van der Waals surface area contributed by atoms with Crippen molar-refractivity contribution in [1.82, 2.24) is 20.4 Å². The number of nitrogens with zero attached hydrogens (tertiary/aromatic N) is 4. The van der Waals surface area contributed by atoms with E-state index >= 15 is 0 Å². The number of hydrogen-bond acceptors (Lipinski definition) is 6. The molecule has 0 spiro atoms. The van der Waals surface area contributed by atoms with Crippen molar-refractivity contribution in [1.29, 1.82) is 0 Å². The number of hydrogen-bond donors (Lipinski definition) is 1. The van der Waals surface area contributed by atoms with E-state index in [1.165, 1.54) is 31.4 Å². The quantitative estimate of drug-likeness (QED) is 0.821. The summed E-state index contributed by atoms with van der Waals surface area (Å²) in [4.78, 5) is 21.8. The molecule has 1 aromatic rings. The Kier molecular flexibility index (Phi) is 4.88. The number of carbonyl (C=O) groups is 1. The van der Waals surface area contributed by atoms with Gasteiger partial charge in [0.05, 0.1) is 0 Å². The molecule has 7 heteroatoms. The van der Waals surface area contributed by atoms with Gasteiger partial charge in [0.15, 0.2) is 5.82 Å². The number of allylic oxidation sites excluding steroid dienone is 1. The van der Waals surface area contributed by atoms with Gasteiger partial charge in [0, 0.05) is 30.7 Å². The fourth-order valence-corrected chi connectivity index (χ4v) is 5.56. The highest BCUT2D eigenvalue weighted by molar-refractivity contribution is 5.78. The van der Waals surface area contributed by atoms with E-state index in [-0.39, 0.29) is 11.8 Å². The van der Waals surface area contributed by atoms with Crippen LogP contribution in [-0.4, -0.2) is 53.2 Å². The molecular weight excluding hydrogens is 366 g/mol. The van der Waals surface area contributed by atoms with E-state index in [1.807, 2.05) is 6.92 Å². The summed E-state index contributed by atoms with van der Waals surface area (Å²) in [6, 6.07) is 1.12. The smallest absolute Gasteiger partial charge is 0.328 e. The standard InChI is InChI=1S/C22H33N5O2/c1-15-24-21(29-25-15)27-13-17-4-5-18(27)12-19(17)26-10-6-16(7-11-26)20(28)23-14-22(2)8-3-9-22/h12,16-17,19H,3-11,13-14H2,1-2H3,(H,23,28). The van der Waals surface area contributed by atoms with Crippen molar-refractivity contribution in [2.45, 2.75) is 64.8 Å². The van der Waals surface area contributed by atoms with Crippen LogP contribution in [0.25, 0.3) is 0 Å². The molecule has 2 unspecified atom stereocenters. The molecule has 1 aromatic heterocycles. The summed E-state index contributed by atoms with van der Waals surface area (Å²) in [5.74, 6) is 1.73. The SMILES string of the molecule is Cc1noc(N2CC3CCC2=CC3N2CCC(C(=O)NCC3(C)CCC3)CC2)n1. The Morgan fingerprint density at radius 3 is 2.69 bits per heavy atom. The van der Waals surface area contributed by atoms with Crippen molar-refractivity contribution in [3.63, 3.8) is 0 Å². The number of piperidine rings is 2. The summed E-state index contributed by atoms with van der Waals surface area (Å²) in [7, 11) is 0. The summed E-state index contributed by atoms with van der Waals surface area (Å²) < 4.78 is 5.40. The van der Waals surface area contributed by atoms with Crippen molar-refractivity contribution in [2.24, 2.45) is 17.3 Å². The Morgan fingerprint density at radius 2 is 2.10 bits per heavy atom. The molecule has 7 nitrogen and oxygen atoms in total. The second-order valence-corrected chi connectivity index (χ2v) is 9.87. The Balaban J connectivity index is 1.16. The van der Waals surface area contributed by atoms with E-state index in [4.69, 9.17) is 4.52 Å². The number of nitrogens with one attached hydrogen (secondary N) is 1. The lowest BCUT2D eigenvalue weighted by Gasteiger charge is -2.48. The van der Waals surface area contributed by atoms with Gasteiger partial charge in [0.2, 0.25) is 5.91 Å². The normalized spacial score (nSPS) is 29.4. The van der Waals surface area contributed by atoms with E-state index in [2.05, 4.69) is 38.3 Å². The van der Waals surface area contributed by atoms with Gasteiger partial charge in [-0.2, -0.15) is 4.98 Å². The van der Waals surface area contributed by atoms with Crippen molar-refractivity contribution >= 4 is 11.9 Å². The Labute approximate surface area is 172 Å². The number of amides is 1. The highest BCUT2D eigenvalue weighted by Gasteiger charge is 2.41. The first-order valence-electron chi connectivity index (χ1n) is 11.3. The number of aromatic nitrogens is 2. The molecule has 2 saturated heterocycles. The number of fused-ring (bicyclic) bond motifs is 3. The molecule has 0 aromatic carbocycles. The fraction of sp³-hybridized carbons (Fsp3) is 0.773. The molecular formula is C22H33N5O2. The predicted octanol–water partition coefficient (Wildman–Crippen LogP) is 2.88. The lowest BCUT2D eigenvalue weighted by Crippen LogP contribution is -2.54. The van der Waals surface area contributed by atoms with Gasteiger partial charge in [-0.05, 0) is 75.9 Å². The zero-order valence-corrected chi connectivity index (χ0v) is 17.7. The molecule has 6 rings (SSSR count). The first-order chi connectivity index (χ1) is 14.0. The monoisotopic (exact) mass is 399 g/mol. The summed E-state index contributed by atoms with van der Waals surface area (Å²) in [5, 5.41) is 7.19. The first kappa shape index (κ1) is 19.1. The van der Waals surface area contributed by atoms with Crippen molar-refractivity contribution in [3.05, 3.63) is 17.6 Å². The van der Waals surface area contributed by atoms with E-state index in [9.17, 15) is 4.79 Å². The van der Waals surface area contributed by atoms with Crippen LogP contribution in [0.1, 0.15) is 57.7 Å². The average molecular weight is 400 g/mol. The maximum Gasteiger partial charge on any atom is 0.328 e. The number of aryl methyl sites for hydroxylation is 1. The van der Waals surface area contributed by atoms with E-state index in [0.29, 0.717) is 29.2 Å². The topological polar surface area (TPSA) is 74.5 Å². The molecule has 3 fully saturated rings. The van der Waals surface area contributed by atoms with Crippen LogP contribution < -0.4 is 10.2 Å². The summed E-state index contributed by atoms with van der Waals surface area (Å²) >= 11 is 0. The molecule has 2 atom stereocenters. The minimum absolute atomic E-state index is 0.182. The predicted molar refractivity (Wildman–Crippen MR) is 110 cm³/mol. The molecule has 0 radical (unpaired) electrons. The summed E-state index contributed by atoms with van der Waals surface area (Å²) in [5.41, 5.74) is 1.67. The average Bonchev–Trinajstić information content (AvgIpc) is 3.17. The van der Waals surface area contributed by atoms with Crippen LogP contribution in [0.5, 0.6) is 0 Å². The highest BCUT2D eigenvalue weighted by atomic mass is 16.5. The number of carbonyl (C=O) groups excluding carboxylic acids is 1. The molecule has 1 amide bonds. The minimum Gasteiger partial charge on any atom is -0.355 e. The molecule has 3 aliphatic heterocycles. The van der Waals surface area contributed by atoms with Crippen LogP contribution in [-0.2, 0) is 4.79 Å². The molecule has 4 heterocycles. The number of anilines is 1. The molecule has 1 N–H and O–H groups in total. The van der Waals surface area contributed by atoms with Crippen molar-refractivity contribution < 1.29 is 9.32 Å². The van der Waals surface area contributed by atoms with Gasteiger partial charge in [-0.3, -0.25) is 14.6 Å². The largest absolute Gasteiger partial charge is 0.355 e. The van der Waals surface area contributed by atoms with E-state index in [0.717, 1.165) is 45.4 Å². The first-order valence-corrected chi connectivity index (χ1v) is 11.3. The summed E-state index contributed by atoms with van der Waals surface area (Å²) in [6.45, 7) is 7.99. The van der Waals surface area contributed by atoms with Crippen LogP contribution in [0, 0.1) is 24.2 Å². The minimum atomic E-state index is 0.182. The molecule has 158 valence electrons. The van der Waals surface area contributed by atoms with Gasteiger partial charge in [-0.15, -0.1) is 0 Å². The molecule has 5 aliphatic rings. The molecule has 2 bridgehead atoms. The molecule has 2 aliphatic carbocycles. The van der Waals surface area contributed by atoms with Crippen LogP contribution in [0.15, 0.2) is 16.3 Å². The Hall–Kier alpha value is -1.89. The van der Waals surface area contributed by atoms with Crippen LogP contribution in [0.2, 0.25) is 0 Å². The maximum absolute atomic E-state index is 12.6. The molecule has 29 heavy (non-hydrogen) atoms. The third-order valence-electron chi connectivity index (χ3n) is 7.70. The van der Waals surface area contributed by atoms with Crippen LogP contribution in [0.3, 0.4) is 0 Å². The number of rotatable bonds is 5. The maximum atomic E-state index is 12.6. The van der Waals surface area contributed by atoms with Crippen LogP contribution >= 0.6 is 0 Å². The lowest BCUT2D eigenvalue weighted by atomic mass is 9.70. The third-order valence-corrected chi connectivity index (χ3v) is 7.70. The van der Waals surface area contributed by atoms with Gasteiger partial charge < -0.3 is 9.84 Å². The summed E-state index contributed by atoms with van der Waals surface area (Å²) in [6.07, 6.45) is 10.5. The lowest BCUT2D eigenvalue weighted by molar-refractivity contribution is -0.127. The van der Waals surface area contributed by atoms with Crippen molar-refractivity contribution in [3.8, 4) is 0 Å². The van der Waals surface area contributed by atoms with Gasteiger partial charge in [-0.25, -0.2) is 0 Å². The third kappa shape index (κ3) is 3.69. The zero-order valence-electron chi connectivity index (χ0n) is 17.7. The van der Waals surface area contributed by atoms with Gasteiger partial charge in [0.1, 0.15) is 0 Å². The Bertz CT molecular complexity index is 791. The van der Waals surface area contributed by atoms with Gasteiger partial charge in [-0.1, -0.05) is 18.5 Å². The van der Waals surface area contributed by atoms with Crippen molar-refractivity contribution in [2.75, 3.05) is 31.1 Å². The zero-order chi connectivity index (χ0) is 20.0. The second-order valence-electron chi connectivity index (χ2n) is 9.87. The number of likely N-dealkylation sites (tertiary alicyclic amines) is 1. The van der Waals surface area contributed by atoms with E-state index in [1.54, 1.807) is 0 Å². The Morgan fingerprint density at radius 1 is 1.31 bits per heavy atom. The fourth-order valence-electron chi connectivity index (χ4n) is 5.56. The van der Waals surface area contributed by atoms with E-state index < -0.39 is 0 Å². The van der Waals surface area contributed by atoms with Crippen LogP contribution in [0.4, 0.5) is 6.01 Å². The highest BCUT2D eigenvalue weighted by Crippen LogP contribution is 2.40.